The maximum absolute atomic E-state index is 13.2. The minimum Gasteiger partial charge on any atom is -0.369 e. The number of nitrogens with one attached hydrogen (secondary N) is 1. The van der Waals surface area contributed by atoms with E-state index in [1.54, 1.807) is 9.37 Å². The third-order valence-corrected chi connectivity index (χ3v) is 13.6. The predicted octanol–water partition coefficient (Wildman–Crippen LogP) is 2.98. The lowest BCUT2D eigenvalue weighted by atomic mass is 9.47. The summed E-state index contributed by atoms with van der Waals surface area (Å²) in [5.41, 5.74) is 8.10. The van der Waals surface area contributed by atoms with Gasteiger partial charge in [0.1, 0.15) is 5.82 Å². The number of amides is 2. The molecule has 2 aliphatic heterocycles. The first-order chi connectivity index (χ1) is 21.7. The Labute approximate surface area is 263 Å². The number of aromatic nitrogens is 1. The van der Waals surface area contributed by atoms with Gasteiger partial charge in [-0.3, -0.25) is 4.79 Å². The molecular formula is C32H41N7O5S. The highest BCUT2D eigenvalue weighted by atomic mass is 32.2. The van der Waals surface area contributed by atoms with Gasteiger partial charge in [-0.15, -0.1) is 0 Å². The van der Waals surface area contributed by atoms with Crippen LogP contribution < -0.4 is 25.9 Å². The van der Waals surface area contributed by atoms with Crippen LogP contribution in [0.5, 0.6) is 0 Å². The molecule has 0 radical (unpaired) electrons. The number of carbonyl (C=O) groups excluding carboxylic acids is 2. The first-order valence-corrected chi connectivity index (χ1v) is 17.8. The summed E-state index contributed by atoms with van der Waals surface area (Å²) in [5, 5.41) is 4.66. The molecule has 13 heteroatoms. The van der Waals surface area contributed by atoms with Gasteiger partial charge in [0.15, 0.2) is 0 Å². The molecule has 45 heavy (non-hydrogen) atoms. The Balaban J connectivity index is 0.911. The van der Waals surface area contributed by atoms with E-state index in [1.165, 1.54) is 0 Å². The molecule has 3 N–H and O–H groups in total. The lowest BCUT2D eigenvalue weighted by molar-refractivity contribution is -0.145. The highest BCUT2D eigenvalue weighted by molar-refractivity contribution is 7.90. The topological polar surface area (TPSA) is 141 Å². The van der Waals surface area contributed by atoms with Crippen LogP contribution in [0.2, 0.25) is 0 Å². The number of hydroxylamine groups is 1. The summed E-state index contributed by atoms with van der Waals surface area (Å²) in [6.45, 7) is 3.33. The summed E-state index contributed by atoms with van der Waals surface area (Å²) in [6.07, 6.45) is 7.43. The van der Waals surface area contributed by atoms with Gasteiger partial charge in [0.2, 0.25) is 15.9 Å². The van der Waals surface area contributed by atoms with E-state index in [0.29, 0.717) is 45.2 Å². The van der Waals surface area contributed by atoms with E-state index < -0.39 is 21.5 Å². The molecule has 2 aromatic rings. The Morgan fingerprint density at radius 1 is 0.911 bits per heavy atom. The first-order valence-electron chi connectivity index (χ1n) is 16.3. The normalized spacial score (nSPS) is 31.1. The molecule has 12 nitrogen and oxygen atoms in total. The maximum Gasteiger partial charge on any atom is 0.431 e. The van der Waals surface area contributed by atoms with Crippen molar-refractivity contribution in [2.45, 2.75) is 56.2 Å². The van der Waals surface area contributed by atoms with Crippen molar-refractivity contribution in [2.24, 2.45) is 28.9 Å². The van der Waals surface area contributed by atoms with Gasteiger partial charge in [0.25, 0.3) is 0 Å². The fraction of sp³-hybridized carbons (Fsp3) is 0.594. The third-order valence-electron chi connectivity index (χ3n) is 11.2. The van der Waals surface area contributed by atoms with Gasteiger partial charge >= 0.3 is 6.09 Å². The van der Waals surface area contributed by atoms with Crippen LogP contribution in [0.25, 0.3) is 0 Å². The standard InChI is InChI=1S/C32H41N7O5S/c33-30(40)32-17-21-15-22(18-32)29(23(16-21)19-32)35-31(41)44-39-14-13-38(26-3-1-2-4-27(26)39)28-8-5-24(20-34-28)36-9-11-37(12-10-36)45(42,43)25-6-7-25/h1-5,8,20-23,25,29H,6-7,9-19H2,(H2,33,40)(H,35,41)/t21?,22-,23+,29?,32?. The van der Waals surface area contributed by atoms with Gasteiger partial charge < -0.3 is 25.7 Å². The Hall–Kier alpha value is -3.58. The summed E-state index contributed by atoms with van der Waals surface area (Å²) in [5.74, 6) is 1.65. The summed E-state index contributed by atoms with van der Waals surface area (Å²) >= 11 is 0. The number of primary amides is 1. The van der Waals surface area contributed by atoms with Crippen molar-refractivity contribution in [1.29, 1.82) is 0 Å². The lowest BCUT2D eigenvalue weighted by Gasteiger charge is -2.58. The molecule has 7 aliphatic rings. The van der Waals surface area contributed by atoms with Gasteiger partial charge in [-0.1, -0.05) is 12.1 Å². The van der Waals surface area contributed by atoms with Crippen molar-refractivity contribution in [3.05, 3.63) is 42.6 Å². The monoisotopic (exact) mass is 635 g/mol. The smallest absolute Gasteiger partial charge is 0.369 e. The minimum absolute atomic E-state index is 0.00588. The van der Waals surface area contributed by atoms with Crippen LogP contribution in [-0.4, -0.2) is 80.3 Å². The number of hydrogen-bond donors (Lipinski definition) is 2. The van der Waals surface area contributed by atoms with E-state index >= 15 is 0 Å². The van der Waals surface area contributed by atoms with E-state index in [2.05, 4.69) is 15.1 Å². The van der Waals surface area contributed by atoms with Crippen LogP contribution in [0, 0.1) is 23.2 Å². The predicted molar refractivity (Wildman–Crippen MR) is 169 cm³/mol. The lowest BCUT2D eigenvalue weighted by Crippen LogP contribution is -2.62. The number of nitrogens with zero attached hydrogens (tertiary/aromatic N) is 5. The highest BCUT2D eigenvalue weighted by Crippen LogP contribution is 2.60. The van der Waals surface area contributed by atoms with Gasteiger partial charge in [0, 0.05) is 44.2 Å². The average molecular weight is 636 g/mol. The Kier molecular flexibility index (Phi) is 6.90. The number of fused-ring (bicyclic) bond motifs is 1. The highest BCUT2D eigenvalue weighted by Gasteiger charge is 2.58. The number of pyridine rings is 1. The molecule has 0 spiro atoms. The van der Waals surface area contributed by atoms with Gasteiger partial charge in [-0.2, -0.15) is 4.31 Å². The number of hydrogen-bond acceptors (Lipinski definition) is 9. The number of benzene rings is 1. The average Bonchev–Trinajstić information content (AvgIpc) is 3.90. The van der Waals surface area contributed by atoms with Crippen LogP contribution in [0.3, 0.4) is 0 Å². The zero-order valence-electron chi connectivity index (χ0n) is 25.4. The molecule has 5 aliphatic carbocycles. The van der Waals surface area contributed by atoms with Crippen LogP contribution in [-0.2, 0) is 19.7 Å². The van der Waals surface area contributed by atoms with Crippen LogP contribution in [0.1, 0.15) is 44.9 Å². The summed E-state index contributed by atoms with van der Waals surface area (Å²) in [4.78, 5) is 40.6. The fourth-order valence-electron chi connectivity index (χ4n) is 8.99. The number of sulfonamides is 1. The number of piperazine rings is 1. The maximum atomic E-state index is 13.2. The number of anilines is 4. The molecule has 3 heterocycles. The zero-order valence-corrected chi connectivity index (χ0v) is 26.2. The summed E-state index contributed by atoms with van der Waals surface area (Å²) in [7, 11) is -3.14. The van der Waals surface area contributed by atoms with Crippen LogP contribution in [0.4, 0.5) is 27.7 Å². The summed E-state index contributed by atoms with van der Waals surface area (Å²) < 4.78 is 26.9. The van der Waals surface area contributed by atoms with Crippen molar-refractivity contribution in [3.8, 4) is 0 Å². The van der Waals surface area contributed by atoms with Crippen molar-refractivity contribution >= 4 is 44.9 Å². The summed E-state index contributed by atoms with van der Waals surface area (Å²) in [6, 6.07) is 11.9. The SMILES string of the molecule is NC(=O)C12CC3C[C@H](C1)C(NC(=O)ON1CCN(c4ccc(N5CCN(S(=O)(=O)C6CC6)CC5)cn4)c4ccccc41)[C@@H](C3)C2. The van der Waals surface area contributed by atoms with E-state index in [-0.39, 0.29) is 29.0 Å². The zero-order chi connectivity index (χ0) is 30.9. The van der Waals surface area contributed by atoms with Crippen LogP contribution in [0.15, 0.2) is 42.6 Å². The van der Waals surface area contributed by atoms with E-state index in [1.807, 2.05) is 42.6 Å². The second-order valence-corrected chi connectivity index (χ2v) is 16.1. The van der Waals surface area contributed by atoms with Gasteiger partial charge in [-0.25, -0.2) is 23.3 Å². The Bertz CT molecular complexity index is 1580. The van der Waals surface area contributed by atoms with Gasteiger partial charge in [-0.05, 0) is 87.0 Å². The van der Waals surface area contributed by atoms with Crippen LogP contribution >= 0.6 is 0 Å². The largest absolute Gasteiger partial charge is 0.431 e. The molecule has 5 saturated carbocycles. The number of nitrogens with two attached hydrogens (primary N) is 1. The molecular weight excluding hydrogens is 594 g/mol. The molecule has 1 saturated heterocycles. The molecule has 9 rings (SSSR count). The van der Waals surface area contributed by atoms with Crippen molar-refractivity contribution in [1.82, 2.24) is 14.6 Å². The molecule has 1 aromatic heterocycles. The number of carbonyl (C=O) groups is 2. The minimum atomic E-state index is -3.14. The van der Waals surface area contributed by atoms with E-state index in [9.17, 15) is 18.0 Å². The third kappa shape index (κ3) is 5.08. The van der Waals surface area contributed by atoms with E-state index in [4.69, 9.17) is 15.6 Å². The molecule has 3 unspecified atom stereocenters. The molecule has 2 amide bonds. The Morgan fingerprint density at radius 3 is 2.27 bits per heavy atom. The quantitative estimate of drug-likeness (QED) is 0.470. The number of para-hydroxylation sites is 2. The molecule has 240 valence electrons. The Morgan fingerprint density at radius 2 is 1.62 bits per heavy atom. The number of rotatable bonds is 7. The van der Waals surface area contributed by atoms with E-state index in [0.717, 1.165) is 67.8 Å². The second kappa shape index (κ2) is 10.8. The molecule has 5 atom stereocenters. The molecule has 6 fully saturated rings. The van der Waals surface area contributed by atoms with Crippen molar-refractivity contribution in [3.63, 3.8) is 0 Å². The van der Waals surface area contributed by atoms with Crippen molar-refractivity contribution < 1.29 is 22.8 Å². The van der Waals surface area contributed by atoms with Crippen molar-refractivity contribution in [2.75, 3.05) is 54.1 Å². The van der Waals surface area contributed by atoms with Gasteiger partial charge in [0.05, 0.1) is 35.1 Å². The molecule has 4 bridgehead atoms. The molecule has 1 aromatic carbocycles. The first kappa shape index (κ1) is 28.9. The second-order valence-electron chi connectivity index (χ2n) is 13.9. The fourth-order valence-corrected chi connectivity index (χ4v) is 10.8.